The molecule has 0 fully saturated rings. The zero-order chi connectivity index (χ0) is 21.0. The smallest absolute Gasteiger partial charge is 0.271 e. The molecule has 3 rings (SSSR count). The number of ether oxygens (including phenoxy) is 1. The average Bonchev–Trinajstić information content (AvgIpc) is 2.70. The topological polar surface area (TPSA) is 116 Å². The van der Waals surface area contributed by atoms with Crippen LogP contribution in [0, 0.1) is 11.6 Å². The maximum Gasteiger partial charge on any atom is 0.271 e. The molecule has 0 radical (unpaired) electrons. The molecule has 1 amide bonds. The first kappa shape index (κ1) is 20.2. The fourth-order valence-electron chi connectivity index (χ4n) is 3.08. The quantitative estimate of drug-likeness (QED) is 0.708. The second kappa shape index (κ2) is 8.68. The summed E-state index contributed by atoms with van der Waals surface area (Å²) in [6.45, 7) is 0. The molecule has 152 valence electrons. The predicted molar refractivity (Wildman–Crippen MR) is 103 cm³/mol. The van der Waals surface area contributed by atoms with Crippen LogP contribution in [0.5, 0.6) is 5.88 Å². The summed E-state index contributed by atoms with van der Waals surface area (Å²) in [6, 6.07) is 3.55. The average molecular weight is 401 g/mol. The normalized spacial score (nSPS) is 17.2. The lowest BCUT2D eigenvalue weighted by Gasteiger charge is -2.25. The number of nitrogens with zero attached hydrogens (tertiary/aromatic N) is 2. The molecule has 1 aliphatic carbocycles. The number of hydrogen-bond donors (Lipinski definition) is 3. The van der Waals surface area contributed by atoms with Crippen LogP contribution in [0.1, 0.15) is 35.3 Å². The van der Waals surface area contributed by atoms with Crippen molar-refractivity contribution in [3.8, 4) is 5.88 Å². The van der Waals surface area contributed by atoms with E-state index in [1.807, 2.05) is 0 Å². The maximum absolute atomic E-state index is 14.0. The highest BCUT2D eigenvalue weighted by Crippen LogP contribution is 2.28. The predicted octanol–water partition coefficient (Wildman–Crippen LogP) is 2.26. The van der Waals surface area contributed by atoms with Crippen molar-refractivity contribution in [3.05, 3.63) is 70.8 Å². The number of carbonyl (C=O) groups excluding carboxylic acids is 1. The van der Waals surface area contributed by atoms with Crippen LogP contribution in [0.15, 0.2) is 47.9 Å². The first-order valence-corrected chi connectivity index (χ1v) is 9.01. The minimum Gasteiger partial charge on any atom is -0.467 e. The fourth-order valence-corrected chi connectivity index (χ4v) is 3.08. The Morgan fingerprint density at radius 2 is 2.03 bits per heavy atom. The second-order valence-corrected chi connectivity index (χ2v) is 6.50. The monoisotopic (exact) mass is 401 g/mol. The third-order valence-electron chi connectivity index (χ3n) is 4.55. The Kier molecular flexibility index (Phi) is 6.06. The molecule has 1 aromatic heterocycles. The van der Waals surface area contributed by atoms with E-state index in [0.29, 0.717) is 24.1 Å². The first-order chi connectivity index (χ1) is 13.9. The van der Waals surface area contributed by atoms with Gasteiger partial charge in [-0.2, -0.15) is 0 Å². The lowest BCUT2D eigenvalue weighted by Crippen LogP contribution is -2.29. The minimum atomic E-state index is -0.747. The molecular formula is C20H21F2N5O2. The summed E-state index contributed by atoms with van der Waals surface area (Å²) in [5.74, 6) is -1.73. The van der Waals surface area contributed by atoms with Gasteiger partial charge in [-0.25, -0.2) is 13.8 Å². The van der Waals surface area contributed by atoms with Crippen LogP contribution >= 0.6 is 0 Å². The molecule has 1 atom stereocenters. The van der Waals surface area contributed by atoms with E-state index in [4.69, 9.17) is 16.2 Å². The van der Waals surface area contributed by atoms with Crippen LogP contribution in [0.3, 0.4) is 0 Å². The van der Waals surface area contributed by atoms with Crippen molar-refractivity contribution >= 4 is 11.6 Å². The number of nitrogens with two attached hydrogens (primary N) is 2. The van der Waals surface area contributed by atoms with Gasteiger partial charge in [0.05, 0.1) is 23.7 Å². The molecule has 29 heavy (non-hydrogen) atoms. The molecule has 1 unspecified atom stereocenters. The Balaban J connectivity index is 1.86. The van der Waals surface area contributed by atoms with Gasteiger partial charge in [-0.15, -0.1) is 0 Å². The van der Waals surface area contributed by atoms with E-state index >= 15 is 0 Å². The molecule has 0 spiro atoms. The zero-order valence-electron chi connectivity index (χ0n) is 15.8. The van der Waals surface area contributed by atoms with Gasteiger partial charge in [0.15, 0.2) is 0 Å². The van der Waals surface area contributed by atoms with Gasteiger partial charge >= 0.3 is 0 Å². The number of rotatable bonds is 5. The largest absolute Gasteiger partial charge is 0.467 e. The molecule has 5 N–H and O–H groups in total. The van der Waals surface area contributed by atoms with Gasteiger partial charge in [0, 0.05) is 12.7 Å². The van der Waals surface area contributed by atoms with Crippen LogP contribution in [0.2, 0.25) is 0 Å². The number of hydrogen-bond acceptors (Lipinski definition) is 6. The van der Waals surface area contributed by atoms with Crippen LogP contribution in [-0.2, 0) is 0 Å². The molecule has 2 aromatic rings. The Morgan fingerprint density at radius 1 is 1.31 bits per heavy atom. The third-order valence-corrected chi connectivity index (χ3v) is 4.55. The highest BCUT2D eigenvalue weighted by atomic mass is 19.1. The number of carbonyl (C=O) groups is 1. The van der Waals surface area contributed by atoms with Crippen LogP contribution < -0.4 is 21.5 Å². The number of aromatic nitrogens is 2. The Labute approximate surface area is 166 Å². The molecule has 0 aliphatic heterocycles. The number of halogens is 2. The SMILES string of the molecule is CNC(=O)c1cncc(OC2CCCC(/C=C(\N)c3c(F)cccc3F)=C2N)n1. The Hall–Kier alpha value is -3.49. The molecule has 0 saturated carbocycles. The van der Waals surface area contributed by atoms with Gasteiger partial charge in [-0.1, -0.05) is 6.07 Å². The molecule has 9 heteroatoms. The van der Waals surface area contributed by atoms with Gasteiger partial charge < -0.3 is 21.5 Å². The van der Waals surface area contributed by atoms with Crippen LogP contribution in [0.25, 0.3) is 5.70 Å². The summed E-state index contributed by atoms with van der Waals surface area (Å²) in [6.07, 6.45) is 5.58. The van der Waals surface area contributed by atoms with E-state index in [1.165, 1.54) is 31.6 Å². The Bertz CT molecular complexity index is 970. The van der Waals surface area contributed by atoms with E-state index in [9.17, 15) is 13.6 Å². The van der Waals surface area contributed by atoms with Crippen molar-refractivity contribution in [2.45, 2.75) is 25.4 Å². The van der Waals surface area contributed by atoms with Crippen LogP contribution in [-0.4, -0.2) is 29.0 Å². The standard InChI is InChI=1S/C20H21F2N5O2/c1-25-20(28)15-9-26-10-17(27-15)29-16-7-2-4-11(19(16)24)8-14(23)18-12(21)5-3-6-13(18)22/h3,5-6,8-10,16H,2,4,7,23-24H2,1H3,(H,25,28)/b14-8-. The highest BCUT2D eigenvalue weighted by Gasteiger charge is 2.23. The zero-order valence-corrected chi connectivity index (χ0v) is 15.8. The van der Waals surface area contributed by atoms with Crippen LogP contribution in [0.4, 0.5) is 8.78 Å². The summed E-state index contributed by atoms with van der Waals surface area (Å²) in [4.78, 5) is 19.8. The van der Waals surface area contributed by atoms with Gasteiger partial charge in [0.1, 0.15) is 23.4 Å². The summed E-state index contributed by atoms with van der Waals surface area (Å²) >= 11 is 0. The van der Waals surface area contributed by atoms with Gasteiger partial charge in [-0.3, -0.25) is 9.78 Å². The highest BCUT2D eigenvalue weighted by molar-refractivity contribution is 5.91. The second-order valence-electron chi connectivity index (χ2n) is 6.50. The summed E-state index contributed by atoms with van der Waals surface area (Å²) in [7, 11) is 1.49. The molecule has 0 bridgehead atoms. The van der Waals surface area contributed by atoms with E-state index in [2.05, 4.69) is 15.3 Å². The maximum atomic E-state index is 14.0. The van der Waals surface area contributed by atoms with Gasteiger partial charge in [0.2, 0.25) is 5.88 Å². The van der Waals surface area contributed by atoms with Crippen molar-refractivity contribution in [3.63, 3.8) is 0 Å². The third kappa shape index (κ3) is 4.50. The molecular weight excluding hydrogens is 380 g/mol. The van der Waals surface area contributed by atoms with Crippen molar-refractivity contribution in [2.24, 2.45) is 11.5 Å². The van der Waals surface area contributed by atoms with Gasteiger partial charge in [0.25, 0.3) is 5.91 Å². The summed E-state index contributed by atoms with van der Waals surface area (Å²) in [5, 5.41) is 2.46. The molecule has 0 saturated heterocycles. The van der Waals surface area contributed by atoms with E-state index in [-0.39, 0.29) is 22.8 Å². The summed E-state index contributed by atoms with van der Waals surface area (Å²) < 4.78 is 33.7. The van der Waals surface area contributed by atoms with E-state index in [0.717, 1.165) is 18.6 Å². The molecule has 1 aliphatic rings. The van der Waals surface area contributed by atoms with Crippen molar-refractivity contribution in [1.29, 1.82) is 0 Å². The van der Waals surface area contributed by atoms with Gasteiger partial charge in [-0.05, 0) is 43.0 Å². The lowest BCUT2D eigenvalue weighted by molar-refractivity contribution is 0.0955. The van der Waals surface area contributed by atoms with Crippen molar-refractivity contribution < 1.29 is 18.3 Å². The molecule has 1 heterocycles. The number of benzene rings is 1. The number of nitrogens with one attached hydrogen (secondary N) is 1. The molecule has 1 aromatic carbocycles. The number of amides is 1. The van der Waals surface area contributed by atoms with Crippen molar-refractivity contribution in [1.82, 2.24) is 15.3 Å². The summed E-state index contributed by atoms with van der Waals surface area (Å²) in [5.41, 5.74) is 13.0. The van der Waals surface area contributed by atoms with Crippen molar-refractivity contribution in [2.75, 3.05) is 7.05 Å². The fraction of sp³-hybridized carbons (Fsp3) is 0.250. The first-order valence-electron chi connectivity index (χ1n) is 9.01. The molecule has 7 nitrogen and oxygen atoms in total. The van der Waals surface area contributed by atoms with E-state index in [1.54, 1.807) is 0 Å². The minimum absolute atomic E-state index is 0.0550. The number of allylic oxidation sites excluding steroid dienone is 2. The van der Waals surface area contributed by atoms with E-state index < -0.39 is 23.6 Å². The lowest BCUT2D eigenvalue weighted by atomic mass is 9.92. The Morgan fingerprint density at radius 3 is 2.72 bits per heavy atom.